The van der Waals surface area contributed by atoms with Gasteiger partial charge in [-0.15, -0.1) is 0 Å². The molecule has 7 nitrogen and oxygen atoms in total. The van der Waals surface area contributed by atoms with Gasteiger partial charge in [-0.25, -0.2) is 9.59 Å². The van der Waals surface area contributed by atoms with E-state index < -0.39 is 17.9 Å². The number of aliphatic carboxylic acids is 1. The largest absolute Gasteiger partial charge is 0.481 e. The molecule has 1 aliphatic rings. The van der Waals surface area contributed by atoms with E-state index in [1.54, 1.807) is 6.07 Å². The fraction of sp³-hybridized carbons (Fsp3) is 0.400. The summed E-state index contributed by atoms with van der Waals surface area (Å²) in [5.74, 6) is -1.86. The number of methoxy groups -OCH3 is 1. The zero-order chi connectivity index (χ0) is 17.0. The van der Waals surface area contributed by atoms with Crippen LogP contribution in [-0.4, -0.2) is 48.2 Å². The summed E-state index contributed by atoms with van der Waals surface area (Å²) >= 11 is 5.86. The third-order valence-electron chi connectivity index (χ3n) is 3.76. The third kappa shape index (κ3) is 4.13. The maximum Gasteiger partial charge on any atom is 0.340 e. The van der Waals surface area contributed by atoms with Crippen molar-refractivity contribution in [3.63, 3.8) is 0 Å². The van der Waals surface area contributed by atoms with E-state index in [9.17, 15) is 14.4 Å². The highest BCUT2D eigenvalue weighted by Crippen LogP contribution is 2.23. The first-order valence-electron chi connectivity index (χ1n) is 7.09. The van der Waals surface area contributed by atoms with Gasteiger partial charge in [0.2, 0.25) is 0 Å². The fourth-order valence-electron chi connectivity index (χ4n) is 2.43. The Balaban J connectivity index is 2.06. The number of benzene rings is 1. The lowest BCUT2D eigenvalue weighted by molar-refractivity contribution is -0.143. The number of esters is 1. The van der Waals surface area contributed by atoms with Gasteiger partial charge in [0, 0.05) is 18.1 Å². The molecule has 2 rings (SSSR count). The molecule has 0 spiro atoms. The molecule has 1 aromatic carbocycles. The van der Waals surface area contributed by atoms with Crippen molar-refractivity contribution in [2.24, 2.45) is 5.92 Å². The number of piperidine rings is 1. The molecule has 2 amide bonds. The molecular formula is C15H17ClN2O5. The summed E-state index contributed by atoms with van der Waals surface area (Å²) in [5, 5.41) is 12.0. The third-order valence-corrected chi connectivity index (χ3v) is 4.00. The number of carbonyl (C=O) groups excluding carboxylic acids is 2. The highest BCUT2D eigenvalue weighted by molar-refractivity contribution is 6.31. The molecule has 1 aromatic rings. The first kappa shape index (κ1) is 17.1. The van der Waals surface area contributed by atoms with E-state index in [0.29, 0.717) is 36.6 Å². The molecule has 1 fully saturated rings. The highest BCUT2D eigenvalue weighted by atomic mass is 35.5. The van der Waals surface area contributed by atoms with Crippen LogP contribution in [-0.2, 0) is 9.53 Å². The number of carboxylic acids is 1. The predicted octanol–water partition coefficient (Wildman–Crippen LogP) is 2.46. The number of rotatable bonds is 3. The fourth-order valence-corrected chi connectivity index (χ4v) is 2.60. The Morgan fingerprint density at radius 2 is 1.96 bits per heavy atom. The average Bonchev–Trinajstić information content (AvgIpc) is 2.55. The lowest BCUT2D eigenvalue weighted by Crippen LogP contribution is -2.42. The number of hydrogen-bond acceptors (Lipinski definition) is 4. The van der Waals surface area contributed by atoms with Crippen molar-refractivity contribution < 1.29 is 24.2 Å². The summed E-state index contributed by atoms with van der Waals surface area (Å²) in [6, 6.07) is 4.11. The molecule has 1 aliphatic heterocycles. The molecular weight excluding hydrogens is 324 g/mol. The van der Waals surface area contributed by atoms with Crippen LogP contribution >= 0.6 is 11.6 Å². The molecule has 1 heterocycles. The maximum absolute atomic E-state index is 12.3. The number of nitrogens with zero attached hydrogens (tertiary/aromatic N) is 1. The van der Waals surface area contributed by atoms with Crippen molar-refractivity contribution in [1.82, 2.24) is 4.90 Å². The van der Waals surface area contributed by atoms with Gasteiger partial charge in [0.15, 0.2) is 0 Å². The maximum atomic E-state index is 12.3. The Bertz CT molecular complexity index is 626. The molecule has 0 radical (unpaired) electrons. The lowest BCUT2D eigenvalue weighted by atomic mass is 9.97. The van der Waals surface area contributed by atoms with Crippen LogP contribution in [0.5, 0.6) is 0 Å². The first-order chi connectivity index (χ1) is 10.9. The zero-order valence-electron chi connectivity index (χ0n) is 12.5. The number of ether oxygens (including phenoxy) is 1. The van der Waals surface area contributed by atoms with Crippen molar-refractivity contribution in [2.45, 2.75) is 12.8 Å². The Labute approximate surface area is 138 Å². The smallest absolute Gasteiger partial charge is 0.340 e. The number of carboxylic acid groups (broad SMARTS) is 1. The number of anilines is 1. The van der Waals surface area contributed by atoms with E-state index in [4.69, 9.17) is 16.7 Å². The Morgan fingerprint density at radius 3 is 2.52 bits per heavy atom. The predicted molar refractivity (Wildman–Crippen MR) is 83.7 cm³/mol. The number of amides is 2. The minimum absolute atomic E-state index is 0.161. The summed E-state index contributed by atoms with van der Waals surface area (Å²) in [7, 11) is 1.24. The Hall–Kier alpha value is -2.28. The van der Waals surface area contributed by atoms with Crippen LogP contribution in [0.4, 0.5) is 10.5 Å². The molecule has 0 unspecified atom stereocenters. The van der Waals surface area contributed by atoms with Crippen LogP contribution in [0.25, 0.3) is 0 Å². The van der Waals surface area contributed by atoms with Gasteiger partial charge in [0.25, 0.3) is 0 Å². The van der Waals surface area contributed by atoms with E-state index in [0.717, 1.165) is 0 Å². The van der Waals surface area contributed by atoms with Crippen LogP contribution in [0.15, 0.2) is 18.2 Å². The number of likely N-dealkylation sites (tertiary alicyclic amines) is 1. The van der Waals surface area contributed by atoms with Gasteiger partial charge in [0.05, 0.1) is 24.3 Å². The SMILES string of the molecule is COC(=O)c1cc(Cl)ccc1NC(=O)N1CCC(C(=O)O)CC1. The molecule has 124 valence electrons. The van der Waals surface area contributed by atoms with Crippen LogP contribution in [0.2, 0.25) is 5.02 Å². The topological polar surface area (TPSA) is 95.9 Å². The lowest BCUT2D eigenvalue weighted by Gasteiger charge is -2.30. The first-order valence-corrected chi connectivity index (χ1v) is 7.46. The number of halogens is 1. The van der Waals surface area contributed by atoms with E-state index in [2.05, 4.69) is 10.1 Å². The summed E-state index contributed by atoms with van der Waals surface area (Å²) < 4.78 is 4.67. The van der Waals surface area contributed by atoms with Crippen LogP contribution in [0.3, 0.4) is 0 Å². The summed E-state index contributed by atoms with van der Waals surface area (Å²) in [6.07, 6.45) is 0.820. The van der Waals surface area contributed by atoms with E-state index in [-0.39, 0.29) is 11.6 Å². The van der Waals surface area contributed by atoms with Crippen molar-refractivity contribution >= 4 is 35.3 Å². The minimum atomic E-state index is -0.837. The van der Waals surface area contributed by atoms with Gasteiger partial charge in [-0.1, -0.05) is 11.6 Å². The summed E-state index contributed by atoms with van der Waals surface area (Å²) in [6.45, 7) is 0.702. The van der Waals surface area contributed by atoms with Crippen molar-refractivity contribution in [2.75, 3.05) is 25.5 Å². The van der Waals surface area contributed by atoms with Gasteiger partial charge >= 0.3 is 18.0 Å². The Morgan fingerprint density at radius 1 is 1.30 bits per heavy atom. The molecule has 1 saturated heterocycles. The van der Waals surface area contributed by atoms with E-state index in [1.165, 1.54) is 24.1 Å². The van der Waals surface area contributed by atoms with Crippen LogP contribution in [0, 0.1) is 5.92 Å². The van der Waals surface area contributed by atoms with Gasteiger partial charge < -0.3 is 20.1 Å². The van der Waals surface area contributed by atoms with Crippen molar-refractivity contribution in [3.8, 4) is 0 Å². The van der Waals surface area contributed by atoms with Crippen molar-refractivity contribution in [1.29, 1.82) is 0 Å². The molecule has 0 atom stereocenters. The second kappa shape index (κ2) is 7.32. The van der Waals surface area contributed by atoms with Crippen molar-refractivity contribution in [3.05, 3.63) is 28.8 Å². The molecule has 0 aromatic heterocycles. The number of urea groups is 1. The number of nitrogens with one attached hydrogen (secondary N) is 1. The molecule has 0 bridgehead atoms. The van der Waals surface area contributed by atoms with Gasteiger partial charge in [0.1, 0.15) is 0 Å². The molecule has 8 heteroatoms. The molecule has 23 heavy (non-hydrogen) atoms. The zero-order valence-corrected chi connectivity index (χ0v) is 13.3. The molecule has 0 aliphatic carbocycles. The quantitative estimate of drug-likeness (QED) is 0.824. The average molecular weight is 341 g/mol. The monoisotopic (exact) mass is 340 g/mol. The second-order valence-electron chi connectivity index (χ2n) is 5.21. The van der Waals surface area contributed by atoms with E-state index >= 15 is 0 Å². The van der Waals surface area contributed by atoms with E-state index in [1.807, 2.05) is 0 Å². The molecule has 2 N–H and O–H groups in total. The van der Waals surface area contributed by atoms with Crippen LogP contribution in [0.1, 0.15) is 23.2 Å². The van der Waals surface area contributed by atoms with Gasteiger partial charge in [-0.05, 0) is 31.0 Å². The summed E-state index contributed by atoms with van der Waals surface area (Å²) in [5.41, 5.74) is 0.459. The minimum Gasteiger partial charge on any atom is -0.481 e. The van der Waals surface area contributed by atoms with Gasteiger partial charge in [-0.2, -0.15) is 0 Å². The van der Waals surface area contributed by atoms with Gasteiger partial charge in [-0.3, -0.25) is 4.79 Å². The highest BCUT2D eigenvalue weighted by Gasteiger charge is 2.27. The number of hydrogen-bond donors (Lipinski definition) is 2. The normalized spacial score (nSPS) is 15.1. The second-order valence-corrected chi connectivity index (χ2v) is 5.65. The summed E-state index contributed by atoms with van der Waals surface area (Å²) in [4.78, 5) is 36.5. The molecule has 0 saturated carbocycles. The number of carbonyl (C=O) groups is 3. The van der Waals surface area contributed by atoms with Crippen LogP contribution < -0.4 is 5.32 Å². The standard InChI is InChI=1S/C15H17ClN2O5/c1-23-14(21)11-8-10(16)2-3-12(11)17-15(22)18-6-4-9(5-7-18)13(19)20/h2-3,8-9H,4-7H2,1H3,(H,17,22)(H,19,20). The Kier molecular flexibility index (Phi) is 5.44.